The SMILES string of the molecule is C[C@H](N)c1cccc(S(=O)(=O)N(C)C)c1. The summed E-state index contributed by atoms with van der Waals surface area (Å²) < 4.78 is 24.8. The number of nitrogens with two attached hydrogens (primary N) is 1. The number of hydrogen-bond donors (Lipinski definition) is 1. The molecule has 1 aromatic carbocycles. The molecule has 4 nitrogen and oxygen atoms in total. The minimum Gasteiger partial charge on any atom is -0.324 e. The highest BCUT2D eigenvalue weighted by Gasteiger charge is 2.17. The molecule has 0 aliphatic carbocycles. The van der Waals surface area contributed by atoms with E-state index in [1.807, 2.05) is 13.0 Å². The lowest BCUT2D eigenvalue weighted by atomic mass is 10.1. The van der Waals surface area contributed by atoms with Crippen LogP contribution in [-0.2, 0) is 10.0 Å². The van der Waals surface area contributed by atoms with E-state index in [9.17, 15) is 8.42 Å². The second-order valence-corrected chi connectivity index (χ2v) is 5.80. The number of hydrogen-bond acceptors (Lipinski definition) is 3. The fourth-order valence-electron chi connectivity index (χ4n) is 1.17. The second kappa shape index (κ2) is 4.30. The molecule has 0 aromatic heterocycles. The van der Waals surface area contributed by atoms with E-state index >= 15 is 0 Å². The second-order valence-electron chi connectivity index (χ2n) is 3.65. The van der Waals surface area contributed by atoms with Gasteiger partial charge in [0.1, 0.15) is 0 Å². The van der Waals surface area contributed by atoms with Crippen molar-refractivity contribution in [1.82, 2.24) is 4.31 Å². The average molecular weight is 228 g/mol. The molecule has 5 heteroatoms. The molecule has 2 N–H and O–H groups in total. The molecule has 15 heavy (non-hydrogen) atoms. The molecule has 0 aliphatic rings. The largest absolute Gasteiger partial charge is 0.324 e. The normalized spacial score (nSPS) is 14.2. The Kier molecular flexibility index (Phi) is 3.49. The van der Waals surface area contributed by atoms with E-state index in [4.69, 9.17) is 5.73 Å². The Morgan fingerprint density at radius 1 is 1.33 bits per heavy atom. The molecule has 0 heterocycles. The van der Waals surface area contributed by atoms with Crippen LogP contribution in [0.25, 0.3) is 0 Å². The van der Waals surface area contributed by atoms with Crippen molar-refractivity contribution in [3.8, 4) is 0 Å². The van der Waals surface area contributed by atoms with Gasteiger partial charge in [-0.2, -0.15) is 0 Å². The summed E-state index contributed by atoms with van der Waals surface area (Å²) in [5.41, 5.74) is 6.51. The topological polar surface area (TPSA) is 63.4 Å². The van der Waals surface area contributed by atoms with Gasteiger partial charge in [-0.3, -0.25) is 0 Å². The number of rotatable bonds is 3. The lowest BCUT2D eigenvalue weighted by Crippen LogP contribution is -2.22. The van der Waals surface area contributed by atoms with Crippen molar-refractivity contribution in [2.45, 2.75) is 17.9 Å². The molecule has 0 fully saturated rings. The molecule has 1 atom stereocenters. The van der Waals surface area contributed by atoms with E-state index in [1.165, 1.54) is 18.4 Å². The van der Waals surface area contributed by atoms with Crippen LogP contribution in [0.5, 0.6) is 0 Å². The molecule has 1 rings (SSSR count). The van der Waals surface area contributed by atoms with E-state index in [0.29, 0.717) is 0 Å². The molecular formula is C10H16N2O2S. The van der Waals surface area contributed by atoms with Crippen molar-refractivity contribution in [3.63, 3.8) is 0 Å². The lowest BCUT2D eigenvalue weighted by molar-refractivity contribution is 0.520. The molecule has 0 spiro atoms. The van der Waals surface area contributed by atoms with Gasteiger partial charge in [0.25, 0.3) is 0 Å². The van der Waals surface area contributed by atoms with Gasteiger partial charge < -0.3 is 5.73 Å². The zero-order chi connectivity index (χ0) is 11.6. The van der Waals surface area contributed by atoms with E-state index in [-0.39, 0.29) is 10.9 Å². The first-order valence-corrected chi connectivity index (χ1v) is 6.08. The molecule has 0 bridgehead atoms. The Morgan fingerprint density at radius 3 is 2.40 bits per heavy atom. The first kappa shape index (κ1) is 12.2. The summed E-state index contributed by atoms with van der Waals surface area (Å²) in [5, 5.41) is 0. The molecule has 0 unspecified atom stereocenters. The number of sulfonamides is 1. The molecule has 0 amide bonds. The van der Waals surface area contributed by atoms with Crippen LogP contribution in [0.1, 0.15) is 18.5 Å². The predicted octanol–water partition coefficient (Wildman–Crippen LogP) is 0.957. The first-order chi connectivity index (χ1) is 6.85. The third-order valence-electron chi connectivity index (χ3n) is 2.16. The van der Waals surface area contributed by atoms with Gasteiger partial charge in [-0.15, -0.1) is 0 Å². The molecular weight excluding hydrogens is 212 g/mol. The lowest BCUT2D eigenvalue weighted by Gasteiger charge is -2.13. The van der Waals surface area contributed by atoms with Gasteiger partial charge in [0.2, 0.25) is 10.0 Å². The van der Waals surface area contributed by atoms with Crippen LogP contribution in [0, 0.1) is 0 Å². The molecule has 0 saturated carbocycles. The smallest absolute Gasteiger partial charge is 0.242 e. The Hall–Kier alpha value is -0.910. The van der Waals surface area contributed by atoms with Gasteiger partial charge in [-0.05, 0) is 24.6 Å². The van der Waals surface area contributed by atoms with Crippen molar-refractivity contribution in [2.75, 3.05) is 14.1 Å². The minimum atomic E-state index is -3.36. The maximum Gasteiger partial charge on any atom is 0.242 e. The van der Waals surface area contributed by atoms with E-state index < -0.39 is 10.0 Å². The van der Waals surface area contributed by atoms with Crippen molar-refractivity contribution in [1.29, 1.82) is 0 Å². The summed E-state index contributed by atoms with van der Waals surface area (Å²) in [6.07, 6.45) is 0. The van der Waals surface area contributed by atoms with Crippen LogP contribution in [-0.4, -0.2) is 26.8 Å². The maximum atomic E-state index is 11.8. The standard InChI is InChI=1S/C10H16N2O2S/c1-8(11)9-5-4-6-10(7-9)15(13,14)12(2)3/h4-8H,11H2,1-3H3/t8-/m0/s1. The Balaban J connectivity index is 3.23. The van der Waals surface area contributed by atoms with Gasteiger partial charge in [0.15, 0.2) is 0 Å². The number of nitrogens with zero attached hydrogens (tertiary/aromatic N) is 1. The monoisotopic (exact) mass is 228 g/mol. The van der Waals surface area contributed by atoms with Crippen molar-refractivity contribution in [3.05, 3.63) is 29.8 Å². The summed E-state index contributed by atoms with van der Waals surface area (Å²) >= 11 is 0. The number of benzene rings is 1. The van der Waals surface area contributed by atoms with E-state index in [0.717, 1.165) is 5.56 Å². The molecule has 84 valence electrons. The van der Waals surface area contributed by atoms with Crippen molar-refractivity contribution < 1.29 is 8.42 Å². The van der Waals surface area contributed by atoms with E-state index in [2.05, 4.69) is 0 Å². The zero-order valence-electron chi connectivity index (χ0n) is 9.14. The zero-order valence-corrected chi connectivity index (χ0v) is 9.95. The molecule has 0 aliphatic heterocycles. The highest BCUT2D eigenvalue weighted by molar-refractivity contribution is 7.89. The van der Waals surface area contributed by atoms with Gasteiger partial charge >= 0.3 is 0 Å². The quantitative estimate of drug-likeness (QED) is 0.838. The Morgan fingerprint density at radius 2 is 1.93 bits per heavy atom. The maximum absolute atomic E-state index is 11.8. The highest BCUT2D eigenvalue weighted by Crippen LogP contribution is 2.17. The fraction of sp³-hybridized carbons (Fsp3) is 0.400. The average Bonchev–Trinajstić information content (AvgIpc) is 2.17. The van der Waals surface area contributed by atoms with Gasteiger partial charge in [0.05, 0.1) is 4.90 Å². The van der Waals surface area contributed by atoms with Crippen LogP contribution >= 0.6 is 0 Å². The summed E-state index contributed by atoms with van der Waals surface area (Å²) in [5.74, 6) is 0. The predicted molar refractivity (Wildman–Crippen MR) is 59.9 cm³/mol. The van der Waals surface area contributed by atoms with E-state index in [1.54, 1.807) is 18.2 Å². The van der Waals surface area contributed by atoms with Gasteiger partial charge in [0, 0.05) is 20.1 Å². The minimum absolute atomic E-state index is 0.165. The van der Waals surface area contributed by atoms with Crippen molar-refractivity contribution >= 4 is 10.0 Å². The van der Waals surface area contributed by atoms with Crippen LogP contribution in [0.15, 0.2) is 29.2 Å². The molecule has 0 saturated heterocycles. The Labute approximate surface area is 90.8 Å². The summed E-state index contributed by atoms with van der Waals surface area (Å²) in [6.45, 7) is 1.82. The fourth-order valence-corrected chi connectivity index (χ4v) is 2.13. The van der Waals surface area contributed by atoms with Crippen LogP contribution in [0.4, 0.5) is 0 Å². The van der Waals surface area contributed by atoms with Crippen LogP contribution in [0.2, 0.25) is 0 Å². The summed E-state index contributed by atoms with van der Waals surface area (Å²) in [7, 11) is -0.340. The molecule has 0 radical (unpaired) electrons. The van der Waals surface area contributed by atoms with Crippen LogP contribution < -0.4 is 5.73 Å². The Bertz CT molecular complexity index is 438. The summed E-state index contributed by atoms with van der Waals surface area (Å²) in [6, 6.07) is 6.54. The van der Waals surface area contributed by atoms with Gasteiger partial charge in [-0.1, -0.05) is 12.1 Å². The third kappa shape index (κ3) is 2.56. The van der Waals surface area contributed by atoms with Crippen LogP contribution in [0.3, 0.4) is 0 Å². The highest BCUT2D eigenvalue weighted by atomic mass is 32.2. The first-order valence-electron chi connectivity index (χ1n) is 4.64. The third-order valence-corrected chi connectivity index (χ3v) is 3.97. The molecule has 1 aromatic rings. The van der Waals surface area contributed by atoms with Crippen molar-refractivity contribution in [2.24, 2.45) is 5.73 Å². The summed E-state index contributed by atoms with van der Waals surface area (Å²) in [4.78, 5) is 0.280. The van der Waals surface area contributed by atoms with Gasteiger partial charge in [-0.25, -0.2) is 12.7 Å².